The molecule has 132 valence electrons. The maximum absolute atomic E-state index is 13.1. The van der Waals surface area contributed by atoms with Crippen molar-refractivity contribution in [2.24, 2.45) is 4.99 Å². The predicted molar refractivity (Wildman–Crippen MR) is 102 cm³/mol. The molecule has 1 aromatic carbocycles. The van der Waals surface area contributed by atoms with Crippen LogP contribution in [0.2, 0.25) is 0 Å². The first-order valence-corrected chi connectivity index (χ1v) is 9.23. The summed E-state index contributed by atoms with van der Waals surface area (Å²) in [5, 5.41) is 0.812. The second-order valence-corrected chi connectivity index (χ2v) is 7.79. The molecule has 2 amide bonds. The molecule has 0 bridgehead atoms. The van der Waals surface area contributed by atoms with E-state index in [1.807, 2.05) is 29.2 Å². The molecule has 6 heteroatoms. The third-order valence-electron chi connectivity index (χ3n) is 3.81. The Labute approximate surface area is 149 Å². The van der Waals surface area contributed by atoms with Crippen LogP contribution in [0.4, 0.5) is 10.5 Å². The predicted octanol–water partition coefficient (Wildman–Crippen LogP) is 4.58. The van der Waals surface area contributed by atoms with Crippen molar-refractivity contribution in [3.8, 4) is 5.75 Å². The highest BCUT2D eigenvalue weighted by atomic mass is 32.2. The Balaban J connectivity index is 2.33. The minimum absolute atomic E-state index is 0.0173. The van der Waals surface area contributed by atoms with Crippen LogP contribution in [0.3, 0.4) is 0 Å². The second kappa shape index (κ2) is 7.47. The standard InChI is InChI=1S/C18H27N3O2S/c1-7-13(2)21-16(19-18(3,4)5)24-12-20(17(21)22)14-8-10-15(23-6)11-9-14/h8-11,13H,7,12H2,1-6H3. The number of aliphatic imine (C=N–C) groups is 1. The number of amides is 2. The summed E-state index contributed by atoms with van der Waals surface area (Å²) in [7, 11) is 1.64. The molecule has 1 aromatic rings. The van der Waals surface area contributed by atoms with E-state index in [2.05, 4.69) is 34.6 Å². The van der Waals surface area contributed by atoms with Crippen molar-refractivity contribution >= 4 is 28.6 Å². The number of benzene rings is 1. The Morgan fingerprint density at radius 3 is 2.42 bits per heavy atom. The Morgan fingerprint density at radius 2 is 1.92 bits per heavy atom. The molecule has 0 radical (unpaired) electrons. The number of anilines is 1. The van der Waals surface area contributed by atoms with Crippen LogP contribution in [-0.2, 0) is 0 Å². The molecule has 2 rings (SSSR count). The van der Waals surface area contributed by atoms with Gasteiger partial charge in [0.1, 0.15) is 5.75 Å². The minimum atomic E-state index is -0.212. The van der Waals surface area contributed by atoms with Gasteiger partial charge in [-0.05, 0) is 58.4 Å². The summed E-state index contributed by atoms with van der Waals surface area (Å²) in [5.41, 5.74) is 0.660. The van der Waals surface area contributed by atoms with Gasteiger partial charge >= 0.3 is 6.03 Å². The van der Waals surface area contributed by atoms with Gasteiger partial charge in [0, 0.05) is 11.7 Å². The molecular formula is C18H27N3O2S. The lowest BCUT2D eigenvalue weighted by molar-refractivity contribution is 0.217. The highest BCUT2D eigenvalue weighted by molar-refractivity contribution is 8.14. The van der Waals surface area contributed by atoms with Gasteiger partial charge in [0.25, 0.3) is 0 Å². The fourth-order valence-corrected chi connectivity index (χ4v) is 3.58. The molecule has 0 aromatic heterocycles. The van der Waals surface area contributed by atoms with Crippen molar-refractivity contribution in [3.05, 3.63) is 24.3 Å². The van der Waals surface area contributed by atoms with Crippen LogP contribution in [-0.4, -0.2) is 40.7 Å². The number of nitrogens with zero attached hydrogens (tertiary/aromatic N) is 3. The summed E-state index contributed by atoms with van der Waals surface area (Å²) in [5.74, 6) is 1.34. The van der Waals surface area contributed by atoms with E-state index in [0.29, 0.717) is 5.88 Å². The smallest absolute Gasteiger partial charge is 0.331 e. The van der Waals surface area contributed by atoms with Crippen molar-refractivity contribution < 1.29 is 9.53 Å². The Hall–Kier alpha value is -1.69. The van der Waals surface area contributed by atoms with Gasteiger partial charge in [-0.15, -0.1) is 0 Å². The number of carbonyl (C=O) groups excluding carboxylic acids is 1. The third kappa shape index (κ3) is 4.23. The van der Waals surface area contributed by atoms with Gasteiger partial charge < -0.3 is 4.74 Å². The van der Waals surface area contributed by atoms with Gasteiger partial charge in [-0.25, -0.2) is 4.79 Å². The van der Waals surface area contributed by atoms with Crippen LogP contribution < -0.4 is 9.64 Å². The average molecular weight is 350 g/mol. The fourth-order valence-electron chi connectivity index (χ4n) is 2.34. The quantitative estimate of drug-likeness (QED) is 0.799. The van der Waals surface area contributed by atoms with Gasteiger partial charge in [0.2, 0.25) is 0 Å². The first-order valence-electron chi connectivity index (χ1n) is 8.24. The Kier molecular flexibility index (Phi) is 5.80. The SMILES string of the molecule is CCC(C)N1C(=O)N(c2ccc(OC)cc2)CSC1=NC(C)(C)C. The van der Waals surface area contributed by atoms with Crippen molar-refractivity contribution in [2.75, 3.05) is 17.9 Å². The van der Waals surface area contributed by atoms with Crippen LogP contribution in [0, 0.1) is 0 Å². The molecule has 1 heterocycles. The Morgan fingerprint density at radius 1 is 1.29 bits per heavy atom. The largest absolute Gasteiger partial charge is 0.497 e. The molecule has 0 spiro atoms. The summed E-state index contributed by atoms with van der Waals surface area (Å²) < 4.78 is 5.19. The zero-order valence-corrected chi connectivity index (χ0v) is 16.2. The molecule has 0 N–H and O–H groups in total. The van der Waals surface area contributed by atoms with E-state index in [0.717, 1.165) is 23.0 Å². The highest BCUT2D eigenvalue weighted by Gasteiger charge is 2.35. The van der Waals surface area contributed by atoms with Gasteiger partial charge in [0.05, 0.1) is 18.5 Å². The summed E-state index contributed by atoms with van der Waals surface area (Å²) in [6, 6.07) is 7.67. The topological polar surface area (TPSA) is 45.1 Å². The first kappa shape index (κ1) is 18.6. The minimum Gasteiger partial charge on any atom is -0.497 e. The normalized spacial score (nSPS) is 18.9. The number of hydrogen-bond donors (Lipinski definition) is 0. The number of amidine groups is 1. The van der Waals surface area contributed by atoms with Gasteiger partial charge in [-0.2, -0.15) is 0 Å². The van der Waals surface area contributed by atoms with Crippen LogP contribution in [0.5, 0.6) is 5.75 Å². The fraction of sp³-hybridized carbons (Fsp3) is 0.556. The molecule has 1 unspecified atom stereocenters. The van der Waals surface area contributed by atoms with E-state index in [1.54, 1.807) is 23.8 Å². The number of ether oxygens (including phenoxy) is 1. The van der Waals surface area contributed by atoms with Crippen LogP contribution >= 0.6 is 11.8 Å². The van der Waals surface area contributed by atoms with Crippen LogP contribution in [0.15, 0.2) is 29.3 Å². The van der Waals surface area contributed by atoms with Crippen molar-refractivity contribution in [3.63, 3.8) is 0 Å². The number of urea groups is 1. The van der Waals surface area contributed by atoms with Gasteiger partial charge in [0.15, 0.2) is 5.17 Å². The lowest BCUT2D eigenvalue weighted by Gasteiger charge is -2.39. The molecule has 24 heavy (non-hydrogen) atoms. The zero-order chi connectivity index (χ0) is 17.9. The number of thioether (sulfide) groups is 1. The molecular weight excluding hydrogens is 322 g/mol. The van der Waals surface area contributed by atoms with E-state index in [9.17, 15) is 4.79 Å². The second-order valence-electron chi connectivity index (χ2n) is 6.87. The van der Waals surface area contributed by atoms with Gasteiger partial charge in [-0.3, -0.25) is 14.8 Å². The summed E-state index contributed by atoms with van der Waals surface area (Å²) in [4.78, 5) is 21.5. The van der Waals surface area contributed by atoms with Gasteiger partial charge in [-0.1, -0.05) is 18.7 Å². The zero-order valence-electron chi connectivity index (χ0n) is 15.4. The van der Waals surface area contributed by atoms with Crippen molar-refractivity contribution in [1.29, 1.82) is 0 Å². The molecule has 1 saturated heterocycles. The molecule has 1 atom stereocenters. The number of carbonyl (C=O) groups is 1. The van der Waals surface area contributed by atoms with Crippen LogP contribution in [0.25, 0.3) is 0 Å². The molecule has 1 aliphatic rings. The molecule has 1 fully saturated rings. The van der Waals surface area contributed by atoms with E-state index in [-0.39, 0.29) is 17.6 Å². The molecule has 0 saturated carbocycles. The number of hydrogen-bond acceptors (Lipinski definition) is 4. The lowest BCUT2D eigenvalue weighted by Crippen LogP contribution is -2.54. The molecule has 0 aliphatic carbocycles. The summed E-state index contributed by atoms with van der Waals surface area (Å²) in [6.07, 6.45) is 0.881. The first-order chi connectivity index (χ1) is 11.3. The van der Waals surface area contributed by atoms with Crippen molar-refractivity contribution in [2.45, 2.75) is 52.6 Å². The highest BCUT2D eigenvalue weighted by Crippen LogP contribution is 2.30. The van der Waals surface area contributed by atoms with Crippen LogP contribution in [0.1, 0.15) is 41.0 Å². The summed E-state index contributed by atoms with van der Waals surface area (Å²) in [6.45, 7) is 10.3. The molecule has 5 nitrogen and oxygen atoms in total. The molecule has 1 aliphatic heterocycles. The van der Waals surface area contributed by atoms with E-state index >= 15 is 0 Å². The van der Waals surface area contributed by atoms with E-state index in [4.69, 9.17) is 9.73 Å². The van der Waals surface area contributed by atoms with Crippen molar-refractivity contribution in [1.82, 2.24) is 4.90 Å². The lowest BCUT2D eigenvalue weighted by atomic mass is 10.1. The monoisotopic (exact) mass is 349 g/mol. The average Bonchev–Trinajstić information content (AvgIpc) is 2.53. The summed E-state index contributed by atoms with van der Waals surface area (Å²) >= 11 is 1.61. The van der Waals surface area contributed by atoms with E-state index < -0.39 is 0 Å². The van der Waals surface area contributed by atoms with E-state index in [1.165, 1.54) is 0 Å². The maximum Gasteiger partial charge on any atom is 0.331 e. The Bertz CT molecular complexity index is 608. The maximum atomic E-state index is 13.1. The number of methoxy groups -OCH3 is 1. The number of rotatable bonds is 4. The third-order valence-corrected chi connectivity index (χ3v) is 4.75.